The molecule has 3 aromatic rings. The van der Waals surface area contributed by atoms with Crippen LogP contribution >= 0.6 is 11.3 Å². The van der Waals surface area contributed by atoms with Gasteiger partial charge in [-0.05, 0) is 74.6 Å². The fourth-order valence-corrected chi connectivity index (χ4v) is 5.03. The van der Waals surface area contributed by atoms with Gasteiger partial charge in [0.1, 0.15) is 10.8 Å². The monoisotopic (exact) mass is 435 g/mol. The maximum atomic E-state index is 13.3. The fourth-order valence-electron chi connectivity index (χ4n) is 3.74. The molecule has 2 heterocycles. The first-order chi connectivity index (χ1) is 15.2. The Labute approximate surface area is 185 Å². The van der Waals surface area contributed by atoms with E-state index in [-0.39, 0.29) is 11.8 Å². The molecule has 7 heteroatoms. The molecular formula is C24H25N3O3S. The number of thiophene rings is 1. The quantitative estimate of drug-likeness (QED) is 0.514. The molecule has 2 amide bonds. The average Bonchev–Trinajstić information content (AvgIpc) is 2.96. The van der Waals surface area contributed by atoms with Crippen LogP contribution in [0.15, 0.2) is 48.8 Å². The van der Waals surface area contributed by atoms with Crippen molar-refractivity contribution in [2.75, 3.05) is 17.2 Å². The zero-order chi connectivity index (χ0) is 21.6. The molecule has 160 valence electrons. The number of anilines is 2. The lowest BCUT2D eigenvalue weighted by Gasteiger charge is -2.11. The number of carbonyl (C=O) groups is 2. The maximum Gasteiger partial charge on any atom is 0.258 e. The van der Waals surface area contributed by atoms with Gasteiger partial charge in [0.05, 0.1) is 12.2 Å². The third-order valence-corrected chi connectivity index (χ3v) is 6.45. The molecule has 0 fully saturated rings. The van der Waals surface area contributed by atoms with Gasteiger partial charge in [-0.3, -0.25) is 14.6 Å². The van der Waals surface area contributed by atoms with Crippen molar-refractivity contribution in [3.05, 3.63) is 70.4 Å². The van der Waals surface area contributed by atoms with Crippen LogP contribution in [0.5, 0.6) is 5.75 Å². The molecule has 6 nitrogen and oxygen atoms in total. The minimum atomic E-state index is -0.242. The topological polar surface area (TPSA) is 80.3 Å². The van der Waals surface area contributed by atoms with E-state index in [1.54, 1.807) is 24.5 Å². The van der Waals surface area contributed by atoms with Gasteiger partial charge in [0.2, 0.25) is 0 Å². The standard InChI is InChI=1S/C24H25N3O3S/c1-2-30-18-10-8-17(9-11-18)26-23(29)21-19-6-4-3-5-7-20(19)31-24(21)27-22(28)16-12-14-25-15-13-16/h8-15H,2-7H2,1H3,(H,26,29)(H,27,28). The number of nitrogens with zero attached hydrogens (tertiary/aromatic N) is 1. The molecule has 1 aliphatic rings. The second-order valence-corrected chi connectivity index (χ2v) is 8.48. The number of rotatable bonds is 6. The number of benzene rings is 1. The van der Waals surface area contributed by atoms with Gasteiger partial charge in [-0.1, -0.05) is 6.42 Å². The molecule has 0 aliphatic heterocycles. The van der Waals surface area contributed by atoms with Crippen LogP contribution in [0.1, 0.15) is 57.3 Å². The number of fused-ring (bicyclic) bond motifs is 1. The predicted octanol–water partition coefficient (Wildman–Crippen LogP) is 5.32. The summed E-state index contributed by atoms with van der Waals surface area (Å²) in [6.45, 7) is 2.52. The lowest BCUT2D eigenvalue weighted by Crippen LogP contribution is -2.18. The first kappa shape index (κ1) is 21.1. The zero-order valence-corrected chi connectivity index (χ0v) is 18.3. The second-order valence-electron chi connectivity index (χ2n) is 7.37. The van der Waals surface area contributed by atoms with Crippen LogP contribution in [-0.4, -0.2) is 23.4 Å². The molecule has 0 saturated heterocycles. The van der Waals surface area contributed by atoms with E-state index in [9.17, 15) is 9.59 Å². The van der Waals surface area contributed by atoms with E-state index in [1.165, 1.54) is 16.2 Å². The highest BCUT2D eigenvalue weighted by Crippen LogP contribution is 2.38. The molecule has 2 aromatic heterocycles. The molecular weight excluding hydrogens is 410 g/mol. The molecule has 4 rings (SSSR count). The molecule has 0 radical (unpaired) electrons. The van der Waals surface area contributed by atoms with Gasteiger partial charge < -0.3 is 15.4 Å². The van der Waals surface area contributed by atoms with Crippen molar-refractivity contribution >= 4 is 33.8 Å². The number of aromatic nitrogens is 1. The normalized spacial score (nSPS) is 13.1. The van der Waals surface area contributed by atoms with Crippen molar-refractivity contribution in [2.45, 2.75) is 39.0 Å². The molecule has 0 saturated carbocycles. The molecule has 0 spiro atoms. The molecule has 2 N–H and O–H groups in total. The highest BCUT2D eigenvalue weighted by molar-refractivity contribution is 7.17. The van der Waals surface area contributed by atoms with Crippen molar-refractivity contribution < 1.29 is 14.3 Å². The van der Waals surface area contributed by atoms with Crippen molar-refractivity contribution in [2.24, 2.45) is 0 Å². The zero-order valence-electron chi connectivity index (χ0n) is 17.4. The number of nitrogens with one attached hydrogen (secondary N) is 2. The number of amides is 2. The molecule has 1 aromatic carbocycles. The summed E-state index contributed by atoms with van der Waals surface area (Å²) in [5.41, 5.74) is 2.85. The number of ether oxygens (including phenoxy) is 1. The van der Waals surface area contributed by atoms with Gasteiger partial charge in [0.25, 0.3) is 11.8 Å². The molecule has 31 heavy (non-hydrogen) atoms. The molecule has 1 aliphatic carbocycles. The van der Waals surface area contributed by atoms with Crippen molar-refractivity contribution in [3.8, 4) is 5.75 Å². The highest BCUT2D eigenvalue weighted by Gasteiger charge is 2.26. The third kappa shape index (κ3) is 4.94. The SMILES string of the molecule is CCOc1ccc(NC(=O)c2c(NC(=O)c3ccncc3)sc3c2CCCCC3)cc1. The fraction of sp³-hybridized carbons (Fsp3) is 0.292. The summed E-state index contributed by atoms with van der Waals surface area (Å²) in [6.07, 6.45) is 8.25. The van der Waals surface area contributed by atoms with Crippen LogP contribution in [0.4, 0.5) is 10.7 Å². The van der Waals surface area contributed by atoms with E-state index < -0.39 is 0 Å². The van der Waals surface area contributed by atoms with Crippen molar-refractivity contribution in [1.29, 1.82) is 0 Å². The number of aryl methyl sites for hydroxylation is 1. The second kappa shape index (κ2) is 9.75. The van der Waals surface area contributed by atoms with E-state index in [1.807, 2.05) is 31.2 Å². The Balaban J connectivity index is 1.62. The minimum Gasteiger partial charge on any atom is -0.494 e. The van der Waals surface area contributed by atoms with Gasteiger partial charge >= 0.3 is 0 Å². The number of hydrogen-bond acceptors (Lipinski definition) is 5. The first-order valence-corrected chi connectivity index (χ1v) is 11.4. The summed E-state index contributed by atoms with van der Waals surface area (Å²) in [5.74, 6) is 0.317. The Morgan fingerprint density at radius 1 is 0.968 bits per heavy atom. The minimum absolute atomic E-state index is 0.200. The van der Waals surface area contributed by atoms with E-state index in [2.05, 4.69) is 15.6 Å². The van der Waals surface area contributed by atoms with Crippen LogP contribution in [0, 0.1) is 0 Å². The summed E-state index contributed by atoms with van der Waals surface area (Å²) in [4.78, 5) is 31.2. The largest absolute Gasteiger partial charge is 0.494 e. The van der Waals surface area contributed by atoms with Crippen molar-refractivity contribution in [3.63, 3.8) is 0 Å². The summed E-state index contributed by atoms with van der Waals surface area (Å²) < 4.78 is 5.47. The molecule has 0 unspecified atom stereocenters. The lowest BCUT2D eigenvalue weighted by molar-refractivity contribution is 0.102. The van der Waals surface area contributed by atoms with Crippen LogP contribution in [0.25, 0.3) is 0 Å². The van der Waals surface area contributed by atoms with E-state index in [4.69, 9.17) is 4.74 Å². The molecule has 0 atom stereocenters. The Hall–Kier alpha value is -3.19. The summed E-state index contributed by atoms with van der Waals surface area (Å²) in [6, 6.07) is 10.6. The number of carbonyl (C=O) groups excluding carboxylic acids is 2. The summed E-state index contributed by atoms with van der Waals surface area (Å²) >= 11 is 1.52. The van der Waals surface area contributed by atoms with Gasteiger partial charge in [0, 0.05) is 28.5 Å². The first-order valence-electron chi connectivity index (χ1n) is 10.6. The van der Waals surface area contributed by atoms with Crippen LogP contribution < -0.4 is 15.4 Å². The van der Waals surface area contributed by atoms with Crippen LogP contribution in [0.3, 0.4) is 0 Å². The predicted molar refractivity (Wildman–Crippen MR) is 123 cm³/mol. The molecule has 0 bridgehead atoms. The maximum absolute atomic E-state index is 13.3. The third-order valence-electron chi connectivity index (χ3n) is 5.24. The Bertz CT molecular complexity index is 1060. The number of hydrogen-bond donors (Lipinski definition) is 2. The number of pyridine rings is 1. The van der Waals surface area contributed by atoms with Gasteiger partial charge in [-0.15, -0.1) is 11.3 Å². The highest BCUT2D eigenvalue weighted by atomic mass is 32.1. The summed E-state index contributed by atoms with van der Waals surface area (Å²) in [5, 5.41) is 6.56. The van der Waals surface area contributed by atoms with Crippen molar-refractivity contribution in [1.82, 2.24) is 4.98 Å². The van der Waals surface area contributed by atoms with Gasteiger partial charge in [-0.2, -0.15) is 0 Å². The average molecular weight is 436 g/mol. The Morgan fingerprint density at radius 3 is 2.45 bits per heavy atom. The Kier molecular flexibility index (Phi) is 6.62. The van der Waals surface area contributed by atoms with E-state index in [0.717, 1.165) is 43.4 Å². The van der Waals surface area contributed by atoms with Gasteiger partial charge in [0.15, 0.2) is 0 Å². The van der Waals surface area contributed by atoms with Gasteiger partial charge in [-0.25, -0.2) is 0 Å². The van der Waals surface area contributed by atoms with Crippen LogP contribution in [-0.2, 0) is 12.8 Å². The van der Waals surface area contributed by atoms with Crippen LogP contribution in [0.2, 0.25) is 0 Å². The summed E-state index contributed by atoms with van der Waals surface area (Å²) in [7, 11) is 0. The lowest BCUT2D eigenvalue weighted by atomic mass is 10.0. The van der Waals surface area contributed by atoms with E-state index in [0.29, 0.717) is 28.4 Å². The van der Waals surface area contributed by atoms with E-state index >= 15 is 0 Å². The Morgan fingerprint density at radius 2 is 1.71 bits per heavy atom. The smallest absolute Gasteiger partial charge is 0.258 e.